The van der Waals surface area contributed by atoms with Crippen LogP contribution in [-0.4, -0.2) is 98.8 Å². The number of allylic oxidation sites excluding steroid dienone is 1. The second kappa shape index (κ2) is 11.3. The first kappa shape index (κ1) is 29.8. The molecule has 220 valence electrons. The normalized spacial score (nSPS) is 33.7. The van der Waals surface area contributed by atoms with Crippen LogP contribution in [0, 0.1) is 11.3 Å². The summed E-state index contributed by atoms with van der Waals surface area (Å²) in [5.41, 5.74) is -0.115. The summed E-state index contributed by atoms with van der Waals surface area (Å²) in [7, 11) is 1.65. The summed E-state index contributed by atoms with van der Waals surface area (Å²) in [4.78, 5) is 38.0. The molecule has 0 aromatic heterocycles. The molecule has 6 atom stereocenters. The van der Waals surface area contributed by atoms with E-state index in [9.17, 15) is 14.4 Å². The summed E-state index contributed by atoms with van der Waals surface area (Å²) < 4.78 is 39.3. The van der Waals surface area contributed by atoms with Crippen LogP contribution in [0.1, 0.15) is 60.8 Å². The van der Waals surface area contributed by atoms with E-state index < -0.39 is 41.9 Å². The molecule has 3 saturated heterocycles. The highest BCUT2D eigenvalue weighted by Crippen LogP contribution is 2.59. The van der Waals surface area contributed by atoms with Crippen LogP contribution in [0.15, 0.2) is 11.6 Å². The van der Waals surface area contributed by atoms with Crippen LogP contribution < -0.4 is 0 Å². The molecule has 39 heavy (non-hydrogen) atoms. The van der Waals surface area contributed by atoms with Gasteiger partial charge in [0.25, 0.3) is 0 Å². The Balaban J connectivity index is 1.21. The third kappa shape index (κ3) is 6.75. The third-order valence-electron chi connectivity index (χ3n) is 8.05. The molecule has 1 spiro atoms. The molecule has 0 aromatic carbocycles. The zero-order chi connectivity index (χ0) is 28.6. The van der Waals surface area contributed by atoms with Gasteiger partial charge in [0.2, 0.25) is 6.79 Å². The fourth-order valence-corrected chi connectivity index (χ4v) is 5.56. The molecular formula is C28H43NO10. The van der Waals surface area contributed by atoms with Gasteiger partial charge in [-0.25, -0.2) is 9.59 Å². The first-order chi connectivity index (χ1) is 18.3. The van der Waals surface area contributed by atoms with E-state index in [0.29, 0.717) is 26.1 Å². The lowest BCUT2D eigenvalue weighted by molar-refractivity contribution is -0.178. The van der Waals surface area contributed by atoms with Crippen molar-refractivity contribution in [1.82, 2.24) is 4.90 Å². The second-order valence-electron chi connectivity index (χ2n) is 12.5. The van der Waals surface area contributed by atoms with Gasteiger partial charge in [-0.15, -0.1) is 0 Å². The lowest BCUT2D eigenvalue weighted by atomic mass is 9.68. The van der Waals surface area contributed by atoms with Crippen molar-refractivity contribution in [2.75, 3.05) is 40.2 Å². The number of hydrogen-bond acceptors (Lipinski definition) is 10. The Kier molecular flexibility index (Phi) is 8.66. The predicted octanol–water partition coefficient (Wildman–Crippen LogP) is 2.99. The van der Waals surface area contributed by atoms with Crippen molar-refractivity contribution in [3.63, 3.8) is 0 Å². The van der Waals surface area contributed by atoms with Gasteiger partial charge in [-0.05, 0) is 60.8 Å². The van der Waals surface area contributed by atoms with Gasteiger partial charge in [0.15, 0.2) is 0 Å². The van der Waals surface area contributed by atoms with Crippen LogP contribution in [0.25, 0.3) is 0 Å². The molecule has 1 saturated carbocycles. The van der Waals surface area contributed by atoms with Crippen LogP contribution in [-0.2, 0) is 42.7 Å². The molecule has 11 nitrogen and oxygen atoms in total. The molecule has 4 aliphatic rings. The maximum absolute atomic E-state index is 12.9. The molecule has 0 aromatic rings. The van der Waals surface area contributed by atoms with E-state index in [0.717, 1.165) is 12.8 Å². The third-order valence-corrected chi connectivity index (χ3v) is 8.05. The summed E-state index contributed by atoms with van der Waals surface area (Å²) >= 11 is 0. The lowest BCUT2D eigenvalue weighted by Crippen LogP contribution is -2.59. The van der Waals surface area contributed by atoms with Crippen molar-refractivity contribution in [2.45, 2.75) is 96.4 Å². The van der Waals surface area contributed by atoms with E-state index in [1.807, 2.05) is 0 Å². The molecule has 4 fully saturated rings. The molecule has 11 heteroatoms. The van der Waals surface area contributed by atoms with Gasteiger partial charge < -0.3 is 38.1 Å². The Hall–Kier alpha value is -2.21. The second-order valence-corrected chi connectivity index (χ2v) is 12.5. The number of epoxide rings is 2. The topological polar surface area (TPSA) is 126 Å². The molecule has 1 amide bonds. The maximum Gasteiger partial charge on any atom is 0.410 e. The van der Waals surface area contributed by atoms with Crippen molar-refractivity contribution in [3.8, 4) is 0 Å². The molecule has 3 heterocycles. The van der Waals surface area contributed by atoms with Gasteiger partial charge in [-0.3, -0.25) is 4.79 Å². The molecule has 0 unspecified atom stereocenters. The summed E-state index contributed by atoms with van der Waals surface area (Å²) in [5, 5.41) is 0. The highest BCUT2D eigenvalue weighted by atomic mass is 16.7. The number of esters is 2. The number of rotatable bonds is 10. The largest absolute Gasteiger partial charge is 0.443 e. The summed E-state index contributed by atoms with van der Waals surface area (Å²) in [5.74, 6) is -1.16. The van der Waals surface area contributed by atoms with Gasteiger partial charge in [-0.1, -0.05) is 11.6 Å². The highest BCUT2D eigenvalue weighted by molar-refractivity contribution is 5.75. The predicted molar refractivity (Wildman–Crippen MR) is 138 cm³/mol. The fourth-order valence-electron chi connectivity index (χ4n) is 5.56. The van der Waals surface area contributed by atoms with E-state index in [1.165, 1.54) is 10.5 Å². The van der Waals surface area contributed by atoms with Crippen LogP contribution >= 0.6 is 0 Å². The Bertz CT molecular complexity index is 960. The first-order valence-corrected chi connectivity index (χ1v) is 13.7. The van der Waals surface area contributed by atoms with Gasteiger partial charge in [0, 0.05) is 7.11 Å². The molecular weight excluding hydrogens is 510 g/mol. The van der Waals surface area contributed by atoms with Gasteiger partial charge in [0.1, 0.15) is 30.0 Å². The minimum atomic E-state index is -0.681. The monoisotopic (exact) mass is 553 g/mol. The molecule has 0 bridgehead atoms. The van der Waals surface area contributed by atoms with Crippen molar-refractivity contribution in [2.24, 2.45) is 11.3 Å². The standard InChI is InChI=1S/C28H43NO10/c1-17(2)8-9-20-27(6,39-20)23-22(33-7)19(10-11-28(23)15-37-28)38-25(32)29-12-18(13-29)34-14-21(30)35-16-36-24(31)26(3,4)5/h8,18-20,22-23H,9-16H2,1-7H3/t19-,20-,22-,23-,27+,28+/m1/s1. The number of likely N-dealkylation sites (tertiary alicyclic amines) is 1. The molecule has 0 radical (unpaired) electrons. The smallest absolute Gasteiger partial charge is 0.410 e. The Morgan fingerprint density at radius 2 is 1.82 bits per heavy atom. The Labute approximate surface area is 230 Å². The zero-order valence-electron chi connectivity index (χ0n) is 24.2. The van der Waals surface area contributed by atoms with E-state index in [1.54, 1.807) is 27.9 Å². The van der Waals surface area contributed by atoms with Gasteiger partial charge in [0.05, 0.1) is 43.2 Å². The number of amides is 1. The van der Waals surface area contributed by atoms with Crippen LogP contribution in [0.4, 0.5) is 4.79 Å². The van der Waals surface area contributed by atoms with Gasteiger partial charge in [-0.2, -0.15) is 0 Å². The van der Waals surface area contributed by atoms with E-state index in [-0.39, 0.29) is 36.4 Å². The number of ether oxygens (including phenoxy) is 7. The van der Waals surface area contributed by atoms with E-state index >= 15 is 0 Å². The van der Waals surface area contributed by atoms with Crippen LogP contribution in [0.3, 0.4) is 0 Å². The van der Waals surface area contributed by atoms with Gasteiger partial charge >= 0.3 is 18.0 Å². The van der Waals surface area contributed by atoms with Crippen LogP contribution in [0.5, 0.6) is 0 Å². The number of methoxy groups -OCH3 is 1. The van der Waals surface area contributed by atoms with Crippen molar-refractivity contribution in [1.29, 1.82) is 0 Å². The van der Waals surface area contributed by atoms with Crippen molar-refractivity contribution >= 4 is 18.0 Å². The minimum Gasteiger partial charge on any atom is -0.443 e. The van der Waals surface area contributed by atoms with Crippen LogP contribution in [0.2, 0.25) is 0 Å². The highest BCUT2D eigenvalue weighted by Gasteiger charge is 2.72. The molecule has 1 aliphatic carbocycles. The fraction of sp³-hybridized carbons (Fsp3) is 0.821. The summed E-state index contributed by atoms with van der Waals surface area (Å²) in [6.45, 7) is 11.9. The number of carbonyl (C=O) groups excluding carboxylic acids is 3. The Morgan fingerprint density at radius 1 is 1.13 bits per heavy atom. The minimum absolute atomic E-state index is 0.0433. The lowest BCUT2D eigenvalue weighted by Gasteiger charge is -2.44. The average molecular weight is 554 g/mol. The molecule has 0 N–H and O–H groups in total. The quantitative estimate of drug-likeness (QED) is 0.172. The van der Waals surface area contributed by atoms with Crippen molar-refractivity contribution in [3.05, 3.63) is 11.6 Å². The zero-order valence-corrected chi connectivity index (χ0v) is 24.2. The SMILES string of the molecule is CO[C@@H]1[C@H](OC(=O)N2CC(OCC(=O)OCOC(=O)C(C)(C)C)C2)CC[C@]2(CO2)[C@H]1[C@@]1(C)O[C@@H]1CC=C(C)C. The maximum atomic E-state index is 12.9. The molecule has 4 rings (SSSR count). The summed E-state index contributed by atoms with van der Waals surface area (Å²) in [6, 6.07) is 0. The number of nitrogens with zero attached hydrogens (tertiary/aromatic N) is 1. The molecule has 3 aliphatic heterocycles. The number of carbonyl (C=O) groups is 3. The average Bonchev–Trinajstić information content (AvgIpc) is 3.74. The Morgan fingerprint density at radius 3 is 2.41 bits per heavy atom. The van der Waals surface area contributed by atoms with E-state index in [2.05, 4.69) is 26.8 Å². The number of hydrogen-bond donors (Lipinski definition) is 0. The van der Waals surface area contributed by atoms with E-state index in [4.69, 9.17) is 33.2 Å². The first-order valence-electron chi connectivity index (χ1n) is 13.7. The van der Waals surface area contributed by atoms with Crippen molar-refractivity contribution < 1.29 is 47.5 Å². The summed E-state index contributed by atoms with van der Waals surface area (Å²) in [6.07, 6.45) is 3.01.